The molecule has 0 radical (unpaired) electrons. The van der Waals surface area contributed by atoms with Crippen LogP contribution in [-0.4, -0.2) is 13.7 Å². The maximum atomic E-state index is 12.9. The van der Waals surface area contributed by atoms with Crippen molar-refractivity contribution >= 4 is 11.6 Å². The second-order valence-corrected chi connectivity index (χ2v) is 4.21. The highest BCUT2D eigenvalue weighted by Crippen LogP contribution is 2.41. The maximum Gasteiger partial charge on any atom is 0.416 e. The van der Waals surface area contributed by atoms with Gasteiger partial charge in [-0.25, -0.2) is 0 Å². The Bertz CT molecular complexity index is 402. The van der Waals surface area contributed by atoms with Gasteiger partial charge in [0.05, 0.1) is 5.56 Å². The number of benzene rings is 1. The number of alkyl halides is 3. The van der Waals surface area contributed by atoms with Gasteiger partial charge >= 0.3 is 6.18 Å². The molecule has 2 nitrogen and oxygen atoms in total. The van der Waals surface area contributed by atoms with Crippen LogP contribution < -0.4 is 5.73 Å². The van der Waals surface area contributed by atoms with Crippen LogP contribution in [0, 0.1) is 0 Å². The maximum absolute atomic E-state index is 12.9. The van der Waals surface area contributed by atoms with Crippen LogP contribution in [0.1, 0.15) is 18.1 Å². The van der Waals surface area contributed by atoms with Crippen LogP contribution in [0.25, 0.3) is 0 Å². The lowest BCUT2D eigenvalue weighted by Gasteiger charge is -2.30. The molecule has 1 aromatic rings. The summed E-state index contributed by atoms with van der Waals surface area (Å²) in [5.41, 5.74) is 3.27. The summed E-state index contributed by atoms with van der Waals surface area (Å²) in [4.78, 5) is 0. The minimum atomic E-state index is -4.49. The van der Waals surface area contributed by atoms with Crippen LogP contribution in [0.5, 0.6) is 0 Å². The Balaban J connectivity index is 3.51. The number of rotatable bonds is 3. The van der Waals surface area contributed by atoms with Crippen molar-refractivity contribution in [1.29, 1.82) is 0 Å². The lowest BCUT2D eigenvalue weighted by atomic mass is 9.90. The Morgan fingerprint density at radius 1 is 1.35 bits per heavy atom. The Labute approximate surface area is 103 Å². The molecule has 0 saturated heterocycles. The first kappa shape index (κ1) is 14.3. The molecule has 0 aliphatic carbocycles. The van der Waals surface area contributed by atoms with Crippen molar-refractivity contribution in [2.45, 2.75) is 18.7 Å². The molecule has 17 heavy (non-hydrogen) atoms. The second kappa shape index (κ2) is 4.84. The zero-order chi connectivity index (χ0) is 13.3. The standard InChI is InChI=1S/C11H13ClF3NO/c1-10(6-16,17-2)9-7(11(13,14)15)4-3-5-8(9)12/h3-5H,6,16H2,1-2H3. The number of ether oxygens (including phenoxy) is 1. The van der Waals surface area contributed by atoms with Gasteiger partial charge in [0.15, 0.2) is 0 Å². The summed E-state index contributed by atoms with van der Waals surface area (Å²) in [6.07, 6.45) is -4.49. The molecule has 0 aliphatic rings. The van der Waals surface area contributed by atoms with Crippen LogP contribution in [0.2, 0.25) is 5.02 Å². The Morgan fingerprint density at radius 2 is 1.94 bits per heavy atom. The third kappa shape index (κ3) is 2.73. The van der Waals surface area contributed by atoms with E-state index in [-0.39, 0.29) is 17.1 Å². The van der Waals surface area contributed by atoms with E-state index in [2.05, 4.69) is 0 Å². The smallest absolute Gasteiger partial charge is 0.372 e. The van der Waals surface area contributed by atoms with Gasteiger partial charge in [0.25, 0.3) is 0 Å². The molecular weight excluding hydrogens is 255 g/mol. The highest BCUT2D eigenvalue weighted by atomic mass is 35.5. The van der Waals surface area contributed by atoms with E-state index in [4.69, 9.17) is 22.1 Å². The highest BCUT2D eigenvalue weighted by Gasteiger charge is 2.40. The number of halogens is 4. The topological polar surface area (TPSA) is 35.2 Å². The summed E-state index contributed by atoms with van der Waals surface area (Å²) in [6, 6.07) is 3.61. The molecule has 0 spiro atoms. The van der Waals surface area contributed by atoms with Gasteiger partial charge in [0.2, 0.25) is 0 Å². The summed E-state index contributed by atoms with van der Waals surface area (Å²) >= 11 is 5.84. The van der Waals surface area contributed by atoms with Gasteiger partial charge in [-0.3, -0.25) is 0 Å². The molecule has 0 aromatic heterocycles. The Morgan fingerprint density at radius 3 is 2.35 bits per heavy atom. The molecule has 96 valence electrons. The van der Waals surface area contributed by atoms with E-state index in [1.807, 2.05) is 0 Å². The molecule has 1 rings (SSSR count). The minimum Gasteiger partial charge on any atom is -0.372 e. The quantitative estimate of drug-likeness (QED) is 0.913. The summed E-state index contributed by atoms with van der Waals surface area (Å²) in [6.45, 7) is 1.37. The van der Waals surface area contributed by atoms with E-state index in [1.54, 1.807) is 0 Å². The zero-order valence-electron chi connectivity index (χ0n) is 9.44. The summed E-state index contributed by atoms with van der Waals surface area (Å²) < 4.78 is 43.7. The predicted octanol–water partition coefficient (Wildman–Crippen LogP) is 3.18. The second-order valence-electron chi connectivity index (χ2n) is 3.80. The van der Waals surface area contributed by atoms with Crippen molar-refractivity contribution < 1.29 is 17.9 Å². The third-order valence-electron chi connectivity index (χ3n) is 2.69. The van der Waals surface area contributed by atoms with Crippen molar-refractivity contribution in [3.8, 4) is 0 Å². The molecular formula is C11H13ClF3NO. The van der Waals surface area contributed by atoms with Crippen molar-refractivity contribution in [1.82, 2.24) is 0 Å². The van der Waals surface area contributed by atoms with E-state index >= 15 is 0 Å². The first-order valence-corrected chi connectivity index (χ1v) is 5.25. The normalized spacial score (nSPS) is 15.7. The lowest BCUT2D eigenvalue weighted by Crippen LogP contribution is -2.36. The van der Waals surface area contributed by atoms with Gasteiger partial charge in [0.1, 0.15) is 5.60 Å². The number of nitrogens with two attached hydrogens (primary N) is 1. The number of hydrogen-bond donors (Lipinski definition) is 1. The van der Waals surface area contributed by atoms with E-state index in [9.17, 15) is 13.2 Å². The van der Waals surface area contributed by atoms with Crippen molar-refractivity contribution in [2.75, 3.05) is 13.7 Å². The van der Waals surface area contributed by atoms with Gasteiger partial charge in [-0.05, 0) is 19.1 Å². The van der Waals surface area contributed by atoms with E-state index in [1.165, 1.54) is 26.2 Å². The fraction of sp³-hybridized carbons (Fsp3) is 0.455. The van der Waals surface area contributed by atoms with Crippen LogP contribution in [0.3, 0.4) is 0 Å². The number of methoxy groups -OCH3 is 1. The highest BCUT2D eigenvalue weighted by molar-refractivity contribution is 6.31. The summed E-state index contributed by atoms with van der Waals surface area (Å²) in [5.74, 6) is 0. The van der Waals surface area contributed by atoms with E-state index in [0.717, 1.165) is 6.07 Å². The zero-order valence-corrected chi connectivity index (χ0v) is 10.2. The van der Waals surface area contributed by atoms with E-state index < -0.39 is 17.3 Å². The van der Waals surface area contributed by atoms with Gasteiger partial charge in [-0.15, -0.1) is 0 Å². The molecule has 1 atom stereocenters. The molecule has 0 bridgehead atoms. The van der Waals surface area contributed by atoms with Crippen LogP contribution in [0.15, 0.2) is 18.2 Å². The van der Waals surface area contributed by atoms with Gasteiger partial charge in [-0.1, -0.05) is 17.7 Å². The van der Waals surface area contributed by atoms with Crippen LogP contribution in [-0.2, 0) is 16.5 Å². The van der Waals surface area contributed by atoms with Gasteiger partial charge in [-0.2, -0.15) is 13.2 Å². The van der Waals surface area contributed by atoms with Crippen LogP contribution >= 0.6 is 11.6 Å². The molecule has 6 heteroatoms. The Kier molecular flexibility index (Phi) is 4.06. The summed E-state index contributed by atoms with van der Waals surface area (Å²) in [7, 11) is 1.30. The molecule has 2 N–H and O–H groups in total. The molecule has 0 heterocycles. The Hall–Kier alpha value is -0.780. The van der Waals surface area contributed by atoms with Crippen molar-refractivity contribution in [3.63, 3.8) is 0 Å². The molecule has 0 aliphatic heterocycles. The minimum absolute atomic E-state index is 0.00498. The average molecular weight is 268 g/mol. The first-order chi connectivity index (χ1) is 7.76. The fourth-order valence-corrected chi connectivity index (χ4v) is 1.96. The monoisotopic (exact) mass is 267 g/mol. The van der Waals surface area contributed by atoms with Gasteiger partial charge in [0, 0.05) is 24.2 Å². The fourth-order valence-electron chi connectivity index (χ4n) is 1.59. The first-order valence-electron chi connectivity index (χ1n) is 4.87. The molecule has 0 fully saturated rings. The third-order valence-corrected chi connectivity index (χ3v) is 3.00. The van der Waals surface area contributed by atoms with E-state index in [0.29, 0.717) is 0 Å². The molecule has 0 saturated carbocycles. The average Bonchev–Trinajstić information content (AvgIpc) is 2.26. The predicted molar refractivity (Wildman–Crippen MR) is 59.9 cm³/mol. The molecule has 1 unspecified atom stereocenters. The molecule has 1 aromatic carbocycles. The van der Waals surface area contributed by atoms with Crippen molar-refractivity contribution in [2.24, 2.45) is 5.73 Å². The molecule has 0 amide bonds. The number of hydrogen-bond acceptors (Lipinski definition) is 2. The lowest BCUT2D eigenvalue weighted by molar-refractivity contribution is -0.140. The largest absolute Gasteiger partial charge is 0.416 e. The van der Waals surface area contributed by atoms with Crippen LogP contribution in [0.4, 0.5) is 13.2 Å². The SMILES string of the molecule is COC(C)(CN)c1c(Cl)cccc1C(F)(F)F. The van der Waals surface area contributed by atoms with Gasteiger partial charge < -0.3 is 10.5 Å². The van der Waals surface area contributed by atoms with Crippen molar-refractivity contribution in [3.05, 3.63) is 34.3 Å². The summed E-state index contributed by atoms with van der Waals surface area (Å²) in [5, 5.41) is -0.00498.